The average Bonchev–Trinajstić information content (AvgIpc) is 3.12. The molecule has 0 aliphatic heterocycles. The van der Waals surface area contributed by atoms with Gasteiger partial charge in [-0.15, -0.1) is 0 Å². The third kappa shape index (κ3) is 2.69. The van der Waals surface area contributed by atoms with Crippen LogP contribution in [0, 0.1) is 13.5 Å². The molecule has 0 aliphatic carbocycles. The summed E-state index contributed by atoms with van der Waals surface area (Å²) in [4.78, 5) is 3.68. The Labute approximate surface area is 169 Å². The fraction of sp³-hybridized carbons (Fsp3) is 0.0769. The molecule has 0 fully saturated rings. The molecule has 138 valence electrons. The summed E-state index contributed by atoms with van der Waals surface area (Å²) in [7, 11) is 2.04. The first-order valence-corrected chi connectivity index (χ1v) is 9.55. The fourth-order valence-corrected chi connectivity index (χ4v) is 4.06. The minimum atomic E-state index is 0.582. The van der Waals surface area contributed by atoms with Crippen LogP contribution in [0.5, 0.6) is 0 Å². The second kappa shape index (κ2) is 6.61. The molecule has 2 aromatic heterocycles. The van der Waals surface area contributed by atoms with Crippen LogP contribution in [-0.4, -0.2) is 0 Å². The highest BCUT2D eigenvalue weighted by Gasteiger charge is 2.22. The zero-order valence-electron chi connectivity index (χ0n) is 16.3. The lowest BCUT2D eigenvalue weighted by atomic mass is 9.96. The monoisotopic (exact) mass is 375 g/mol. The lowest BCUT2D eigenvalue weighted by Gasteiger charge is -2.06. The van der Waals surface area contributed by atoms with Crippen molar-refractivity contribution in [3.63, 3.8) is 0 Å². The second-order valence-electron chi connectivity index (χ2n) is 7.28. The molecule has 5 rings (SSSR count). The molecule has 3 heteroatoms. The van der Waals surface area contributed by atoms with Crippen LogP contribution in [0.2, 0.25) is 0 Å². The maximum absolute atomic E-state index is 7.53. The Balaban J connectivity index is 1.94. The van der Waals surface area contributed by atoms with Crippen molar-refractivity contribution in [1.82, 2.24) is 0 Å². The Morgan fingerprint density at radius 1 is 0.931 bits per heavy atom. The van der Waals surface area contributed by atoms with Gasteiger partial charge in [0.1, 0.15) is 18.2 Å². The van der Waals surface area contributed by atoms with Crippen LogP contribution in [-0.2, 0) is 7.05 Å². The molecule has 3 nitrogen and oxygen atoms in total. The highest BCUT2D eigenvalue weighted by molar-refractivity contribution is 6.16. The number of rotatable bonds is 2. The first-order chi connectivity index (χ1) is 14.2. The van der Waals surface area contributed by atoms with Gasteiger partial charge in [0, 0.05) is 22.9 Å². The van der Waals surface area contributed by atoms with Crippen LogP contribution < -0.4 is 4.57 Å². The first-order valence-electron chi connectivity index (χ1n) is 9.55. The Bertz CT molecular complexity index is 1420. The number of nitrogens with zero attached hydrogens (tertiary/aromatic N) is 2. The van der Waals surface area contributed by atoms with Crippen LogP contribution in [0.3, 0.4) is 0 Å². The van der Waals surface area contributed by atoms with Crippen LogP contribution >= 0.6 is 0 Å². The van der Waals surface area contributed by atoms with Gasteiger partial charge in [0.25, 0.3) is 0 Å². The van der Waals surface area contributed by atoms with E-state index in [0.29, 0.717) is 5.69 Å². The molecule has 29 heavy (non-hydrogen) atoms. The maximum atomic E-state index is 7.53. The van der Waals surface area contributed by atoms with Crippen molar-refractivity contribution in [3.8, 4) is 22.4 Å². The van der Waals surface area contributed by atoms with Crippen LogP contribution in [0.4, 0.5) is 5.69 Å². The van der Waals surface area contributed by atoms with Crippen molar-refractivity contribution >= 4 is 27.6 Å². The standard InChI is InChI=1S/C26H19N2O/c1-17-12-13-20-25-21(18-9-5-4-6-10-18)15-19(27-2)16-23(25)29-26(20)24(17)22-11-7-8-14-28(22)3/h4-16H,1,3H3/q+1. The third-order valence-electron chi connectivity index (χ3n) is 5.46. The van der Waals surface area contributed by atoms with Crippen LogP contribution in [0.15, 0.2) is 83.4 Å². The van der Waals surface area contributed by atoms with E-state index in [4.69, 9.17) is 11.0 Å². The zero-order chi connectivity index (χ0) is 20.0. The molecule has 0 aliphatic rings. The zero-order valence-corrected chi connectivity index (χ0v) is 16.3. The summed E-state index contributed by atoms with van der Waals surface area (Å²) in [6.07, 6.45) is 2.04. The van der Waals surface area contributed by atoms with Gasteiger partial charge in [-0.25, -0.2) is 9.41 Å². The van der Waals surface area contributed by atoms with Crippen LogP contribution in [0.1, 0.15) is 5.56 Å². The number of fused-ring (bicyclic) bond motifs is 3. The molecule has 0 bridgehead atoms. The topological polar surface area (TPSA) is 21.4 Å². The van der Waals surface area contributed by atoms with Gasteiger partial charge in [-0.2, -0.15) is 0 Å². The van der Waals surface area contributed by atoms with Gasteiger partial charge >= 0.3 is 0 Å². The Hall–Kier alpha value is -3.90. The molecular formula is C26H19N2O+. The smallest absolute Gasteiger partial charge is 0.216 e. The van der Waals surface area contributed by atoms with Crippen molar-refractivity contribution < 1.29 is 8.98 Å². The summed E-state index contributed by atoms with van der Waals surface area (Å²) < 4.78 is 8.53. The predicted octanol–water partition coefficient (Wildman–Crippen LogP) is 6.60. The molecule has 0 saturated carbocycles. The van der Waals surface area contributed by atoms with E-state index in [1.165, 1.54) is 0 Å². The molecule has 5 aromatic rings. The molecule has 0 saturated heterocycles. The fourth-order valence-electron chi connectivity index (χ4n) is 4.06. The van der Waals surface area contributed by atoms with Crippen molar-refractivity contribution in [2.24, 2.45) is 7.05 Å². The number of pyridine rings is 1. The number of furan rings is 1. The highest BCUT2D eigenvalue weighted by Crippen LogP contribution is 2.42. The summed E-state index contributed by atoms with van der Waals surface area (Å²) in [5, 5.41) is 2.12. The van der Waals surface area contributed by atoms with Gasteiger partial charge < -0.3 is 4.42 Å². The van der Waals surface area contributed by atoms with Gasteiger partial charge in [0.2, 0.25) is 5.69 Å². The summed E-state index contributed by atoms with van der Waals surface area (Å²) >= 11 is 0. The minimum absolute atomic E-state index is 0.582. The van der Waals surface area contributed by atoms with E-state index in [-0.39, 0.29) is 0 Å². The first kappa shape index (κ1) is 17.2. The second-order valence-corrected chi connectivity index (χ2v) is 7.28. The van der Waals surface area contributed by atoms with Crippen LogP contribution in [0.25, 0.3) is 49.2 Å². The molecule has 0 atom stereocenters. The molecule has 0 spiro atoms. The average molecular weight is 375 g/mol. The van der Waals surface area contributed by atoms with Gasteiger partial charge in [-0.1, -0.05) is 42.5 Å². The summed E-state index contributed by atoms with van der Waals surface area (Å²) in [5.74, 6) is 0. The number of hydrogen-bond donors (Lipinski definition) is 0. The van der Waals surface area contributed by atoms with E-state index >= 15 is 0 Å². The lowest BCUT2D eigenvalue weighted by Crippen LogP contribution is -2.30. The quantitative estimate of drug-likeness (QED) is 0.251. The lowest BCUT2D eigenvalue weighted by molar-refractivity contribution is -0.660. The number of benzene rings is 3. The van der Waals surface area contributed by atoms with Gasteiger partial charge in [-0.05, 0) is 41.8 Å². The SMILES string of the molecule is [C-]#[N+]c1cc(-c2ccccc2)c2c(c1)oc1c(-c3cccc[n+]3C)c(C)ccc12. The summed E-state index contributed by atoms with van der Waals surface area (Å²) in [5.41, 5.74) is 7.65. The third-order valence-corrected chi connectivity index (χ3v) is 5.46. The van der Waals surface area contributed by atoms with E-state index in [1.807, 2.05) is 55.7 Å². The molecule has 0 unspecified atom stereocenters. The molecular weight excluding hydrogens is 356 g/mol. The predicted molar refractivity (Wildman–Crippen MR) is 117 cm³/mol. The molecule has 2 heterocycles. The highest BCUT2D eigenvalue weighted by atomic mass is 16.3. The minimum Gasteiger partial charge on any atom is -0.456 e. The largest absolute Gasteiger partial charge is 0.456 e. The van der Waals surface area contributed by atoms with E-state index in [1.54, 1.807) is 0 Å². The van der Waals surface area contributed by atoms with E-state index in [2.05, 4.69) is 46.7 Å². The number of aryl methyl sites for hydroxylation is 2. The maximum Gasteiger partial charge on any atom is 0.216 e. The Kier molecular flexibility index (Phi) is 3.93. The van der Waals surface area contributed by atoms with Crippen molar-refractivity contribution in [3.05, 3.63) is 96.0 Å². The van der Waals surface area contributed by atoms with Crippen molar-refractivity contribution in [2.45, 2.75) is 6.92 Å². The van der Waals surface area contributed by atoms with Gasteiger partial charge in [0.15, 0.2) is 11.9 Å². The number of aromatic nitrogens is 1. The molecule has 0 amide bonds. The normalized spacial score (nSPS) is 11.1. The Morgan fingerprint density at radius 2 is 1.72 bits per heavy atom. The molecule has 3 aromatic carbocycles. The number of hydrogen-bond acceptors (Lipinski definition) is 1. The van der Waals surface area contributed by atoms with E-state index in [9.17, 15) is 0 Å². The summed E-state index contributed by atoms with van der Waals surface area (Å²) in [6, 6.07) is 24.5. The Morgan fingerprint density at radius 3 is 2.48 bits per heavy atom. The van der Waals surface area contributed by atoms with E-state index < -0.39 is 0 Å². The molecule has 0 N–H and O–H groups in total. The van der Waals surface area contributed by atoms with Gasteiger partial charge in [-0.3, -0.25) is 0 Å². The van der Waals surface area contributed by atoms with Crippen molar-refractivity contribution in [1.29, 1.82) is 0 Å². The van der Waals surface area contributed by atoms with E-state index in [0.717, 1.165) is 49.9 Å². The molecule has 0 radical (unpaired) electrons. The summed E-state index contributed by atoms with van der Waals surface area (Å²) in [6.45, 7) is 9.64. The van der Waals surface area contributed by atoms with Crippen molar-refractivity contribution in [2.75, 3.05) is 0 Å². The van der Waals surface area contributed by atoms with Gasteiger partial charge in [0.05, 0.1) is 12.1 Å².